The molecule has 33 heavy (non-hydrogen) atoms. The van der Waals surface area contributed by atoms with Gasteiger partial charge < -0.3 is 15.5 Å². The van der Waals surface area contributed by atoms with E-state index in [-0.39, 0.29) is 16.4 Å². The molecule has 1 atom stereocenters. The number of aromatic amines is 1. The normalized spacial score (nSPS) is 12.5. The van der Waals surface area contributed by atoms with Crippen molar-refractivity contribution in [2.75, 3.05) is 12.8 Å². The van der Waals surface area contributed by atoms with Crippen molar-refractivity contribution in [3.8, 4) is 5.75 Å². The summed E-state index contributed by atoms with van der Waals surface area (Å²) in [6, 6.07) is 17.1. The van der Waals surface area contributed by atoms with Crippen LogP contribution < -0.4 is 15.2 Å². The molecule has 9 heteroatoms. The summed E-state index contributed by atoms with van der Waals surface area (Å²) in [7, 11) is -2.49. The molecule has 0 saturated heterocycles. The van der Waals surface area contributed by atoms with Crippen LogP contribution in [-0.2, 0) is 10.0 Å². The van der Waals surface area contributed by atoms with Crippen molar-refractivity contribution in [3.05, 3.63) is 87.1 Å². The number of nitrogen functional groups attached to an aromatic ring is 1. The summed E-state index contributed by atoms with van der Waals surface area (Å²) in [5.74, 6) is -0.311. The molecule has 1 amide bonds. The van der Waals surface area contributed by atoms with Crippen LogP contribution in [0.3, 0.4) is 0 Å². The lowest BCUT2D eigenvalue weighted by Gasteiger charge is -2.17. The van der Waals surface area contributed by atoms with E-state index in [0.717, 1.165) is 22.0 Å². The van der Waals surface area contributed by atoms with E-state index in [9.17, 15) is 13.2 Å². The molecule has 1 aromatic heterocycles. The number of anilines is 1. The molecule has 0 fully saturated rings. The van der Waals surface area contributed by atoms with E-state index < -0.39 is 15.9 Å². The molecule has 0 saturated carbocycles. The van der Waals surface area contributed by atoms with Gasteiger partial charge in [0.15, 0.2) is 0 Å². The molecule has 1 unspecified atom stereocenters. The first-order chi connectivity index (χ1) is 15.7. The second kappa shape index (κ2) is 9.06. The van der Waals surface area contributed by atoms with Gasteiger partial charge in [-0.25, -0.2) is 13.1 Å². The number of hydrogen-bond donors (Lipinski definition) is 3. The highest BCUT2D eigenvalue weighted by molar-refractivity contribution is 14.1. The highest BCUT2D eigenvalue weighted by atomic mass is 127. The molecule has 0 aliphatic heterocycles. The fourth-order valence-corrected chi connectivity index (χ4v) is 6.11. The van der Waals surface area contributed by atoms with Gasteiger partial charge in [-0.2, -0.15) is 0 Å². The van der Waals surface area contributed by atoms with Gasteiger partial charge in [-0.05, 0) is 70.6 Å². The van der Waals surface area contributed by atoms with Crippen molar-refractivity contribution in [1.82, 2.24) is 9.71 Å². The number of rotatable bonds is 6. The Morgan fingerprint density at radius 2 is 1.85 bits per heavy atom. The van der Waals surface area contributed by atoms with Crippen LogP contribution in [0.1, 0.15) is 34.3 Å². The minimum Gasteiger partial charge on any atom is -0.496 e. The second-order valence-electron chi connectivity index (χ2n) is 7.59. The highest BCUT2D eigenvalue weighted by Gasteiger charge is 2.23. The zero-order chi connectivity index (χ0) is 23.8. The quantitative estimate of drug-likeness (QED) is 0.229. The van der Waals surface area contributed by atoms with Crippen molar-refractivity contribution in [1.29, 1.82) is 0 Å². The summed E-state index contributed by atoms with van der Waals surface area (Å²) in [5.41, 5.74) is 9.69. The van der Waals surface area contributed by atoms with Crippen molar-refractivity contribution < 1.29 is 17.9 Å². The van der Waals surface area contributed by atoms with Crippen LogP contribution in [0.25, 0.3) is 10.9 Å². The third-order valence-corrected chi connectivity index (χ3v) is 8.22. The Morgan fingerprint density at radius 3 is 2.58 bits per heavy atom. The number of methoxy groups -OCH3 is 1. The number of nitrogens with two attached hydrogens (primary N) is 1. The SMILES string of the molecule is COc1cc(C(=O)NS(=O)(=O)c2ccccc2I)ccc1C(C)c1c[nH]c2ccc(N)cc12. The predicted molar refractivity (Wildman–Crippen MR) is 137 cm³/mol. The lowest BCUT2D eigenvalue weighted by atomic mass is 9.91. The van der Waals surface area contributed by atoms with Gasteiger partial charge in [-0.3, -0.25) is 4.79 Å². The van der Waals surface area contributed by atoms with E-state index in [4.69, 9.17) is 10.5 Å². The number of H-pyrrole nitrogens is 1. The van der Waals surface area contributed by atoms with Crippen LogP contribution in [0.4, 0.5) is 5.69 Å². The second-order valence-corrected chi connectivity index (χ2v) is 10.4. The first kappa shape index (κ1) is 23.1. The third-order valence-electron chi connectivity index (χ3n) is 5.52. The minimum atomic E-state index is -4.01. The van der Waals surface area contributed by atoms with Crippen molar-refractivity contribution >= 4 is 55.1 Å². The smallest absolute Gasteiger partial charge is 0.265 e. The van der Waals surface area contributed by atoms with Crippen LogP contribution in [0, 0.1) is 3.57 Å². The number of aromatic nitrogens is 1. The van der Waals surface area contributed by atoms with Gasteiger partial charge >= 0.3 is 0 Å². The third kappa shape index (κ3) is 4.55. The van der Waals surface area contributed by atoms with Crippen LogP contribution in [0.2, 0.25) is 0 Å². The maximum Gasteiger partial charge on any atom is 0.265 e. The van der Waals surface area contributed by atoms with Crippen molar-refractivity contribution in [3.63, 3.8) is 0 Å². The van der Waals surface area contributed by atoms with E-state index >= 15 is 0 Å². The standard InChI is InChI=1S/C24H22IN3O4S/c1-14(19-13-27-21-10-8-16(26)12-18(19)21)17-9-7-15(11-22(17)32-2)24(29)28-33(30,31)23-6-4-3-5-20(23)25/h3-14,27H,26H2,1-2H3,(H,28,29). The molecule has 4 aromatic rings. The fraction of sp³-hybridized carbons (Fsp3) is 0.125. The van der Waals surface area contributed by atoms with E-state index in [2.05, 4.69) is 9.71 Å². The molecule has 0 radical (unpaired) electrons. The largest absolute Gasteiger partial charge is 0.496 e. The number of fused-ring (bicyclic) bond motifs is 1. The molecule has 4 N–H and O–H groups in total. The zero-order valence-corrected chi connectivity index (χ0v) is 20.9. The first-order valence-electron chi connectivity index (χ1n) is 10.1. The lowest BCUT2D eigenvalue weighted by Crippen LogP contribution is -2.31. The summed E-state index contributed by atoms with van der Waals surface area (Å²) in [6.45, 7) is 2.03. The number of carbonyl (C=O) groups excluding carboxylic acids is 1. The first-order valence-corrected chi connectivity index (χ1v) is 12.6. The Kier molecular flexibility index (Phi) is 6.35. The average Bonchev–Trinajstić information content (AvgIpc) is 3.21. The fourth-order valence-electron chi connectivity index (χ4n) is 3.79. The number of sulfonamides is 1. The van der Waals surface area contributed by atoms with Crippen LogP contribution in [0.15, 0.2) is 71.8 Å². The minimum absolute atomic E-state index is 0.0507. The number of hydrogen-bond acceptors (Lipinski definition) is 5. The van der Waals surface area contributed by atoms with E-state index in [1.165, 1.54) is 13.2 Å². The number of amides is 1. The number of carbonyl (C=O) groups is 1. The molecular weight excluding hydrogens is 553 g/mol. The van der Waals surface area contributed by atoms with Gasteiger partial charge in [-0.15, -0.1) is 0 Å². The molecule has 0 spiro atoms. The van der Waals surface area contributed by atoms with Gasteiger partial charge in [0, 0.05) is 43.4 Å². The Bertz CT molecular complexity index is 1460. The zero-order valence-electron chi connectivity index (χ0n) is 17.9. The number of benzene rings is 3. The average molecular weight is 575 g/mol. The van der Waals surface area contributed by atoms with Crippen LogP contribution >= 0.6 is 22.6 Å². The molecule has 0 aliphatic carbocycles. The maximum absolute atomic E-state index is 12.8. The monoisotopic (exact) mass is 575 g/mol. The van der Waals surface area contributed by atoms with Gasteiger partial charge in [0.1, 0.15) is 10.6 Å². The lowest BCUT2D eigenvalue weighted by molar-refractivity contribution is 0.0981. The topological polar surface area (TPSA) is 114 Å². The van der Waals surface area contributed by atoms with Crippen molar-refractivity contribution in [2.24, 2.45) is 0 Å². The number of nitrogens with one attached hydrogen (secondary N) is 2. The Morgan fingerprint density at radius 1 is 1.09 bits per heavy atom. The Balaban J connectivity index is 1.64. The number of ether oxygens (including phenoxy) is 1. The summed E-state index contributed by atoms with van der Waals surface area (Å²) >= 11 is 1.92. The van der Waals surface area contributed by atoms with Crippen LogP contribution in [0.5, 0.6) is 5.75 Å². The van der Waals surface area contributed by atoms with Gasteiger partial charge in [0.2, 0.25) is 0 Å². The van der Waals surface area contributed by atoms with E-state index in [1.54, 1.807) is 36.4 Å². The number of halogens is 1. The molecule has 0 aliphatic rings. The summed E-state index contributed by atoms with van der Waals surface area (Å²) < 4.78 is 33.6. The van der Waals surface area contributed by atoms with E-state index in [1.807, 2.05) is 53.9 Å². The molecule has 1 heterocycles. The summed E-state index contributed by atoms with van der Waals surface area (Å²) in [5, 5.41) is 1.01. The van der Waals surface area contributed by atoms with E-state index in [0.29, 0.717) is 15.0 Å². The van der Waals surface area contributed by atoms with Gasteiger partial charge in [-0.1, -0.05) is 25.1 Å². The Labute approximate surface area is 205 Å². The molecular formula is C24H22IN3O4S. The molecule has 170 valence electrons. The summed E-state index contributed by atoms with van der Waals surface area (Å²) in [4.78, 5) is 16.1. The van der Waals surface area contributed by atoms with Crippen LogP contribution in [-0.4, -0.2) is 26.4 Å². The van der Waals surface area contributed by atoms with Gasteiger partial charge in [0.25, 0.3) is 15.9 Å². The maximum atomic E-state index is 12.8. The molecule has 4 rings (SSSR count). The van der Waals surface area contributed by atoms with Crippen molar-refractivity contribution in [2.45, 2.75) is 17.7 Å². The molecule has 7 nitrogen and oxygen atoms in total. The highest BCUT2D eigenvalue weighted by Crippen LogP contribution is 2.36. The van der Waals surface area contributed by atoms with Gasteiger partial charge in [0.05, 0.1) is 7.11 Å². The summed E-state index contributed by atoms with van der Waals surface area (Å²) in [6.07, 6.45) is 1.93. The Hall–Kier alpha value is -3.05. The predicted octanol–water partition coefficient (Wildman–Crippen LogP) is 4.63. The molecule has 3 aromatic carbocycles. The molecule has 0 bridgehead atoms.